The largest absolute Gasteiger partial charge is 0.463 e. The second-order valence-electron chi connectivity index (χ2n) is 3.77. The summed E-state index contributed by atoms with van der Waals surface area (Å²) in [7, 11) is 1.30. The monoisotopic (exact) mass is 237 g/mol. The van der Waals surface area contributed by atoms with Gasteiger partial charge in [-0.25, -0.2) is 14.8 Å². The second kappa shape index (κ2) is 5.58. The van der Waals surface area contributed by atoms with Crippen molar-refractivity contribution in [3.05, 3.63) is 18.1 Å². The van der Waals surface area contributed by atoms with Gasteiger partial charge in [-0.3, -0.25) is 0 Å². The third kappa shape index (κ3) is 3.13. The molecule has 0 aromatic carbocycles. The lowest BCUT2D eigenvalue weighted by atomic mass is 10.2. The zero-order chi connectivity index (χ0) is 12.1. The Bertz CT molecular complexity index is 391. The maximum atomic E-state index is 11.2. The average molecular weight is 237 g/mol. The topological polar surface area (TPSA) is 73.3 Å². The smallest absolute Gasteiger partial charge is 0.376 e. The van der Waals surface area contributed by atoms with Crippen LogP contribution >= 0.6 is 0 Å². The predicted molar refractivity (Wildman–Crippen MR) is 60.8 cm³/mol. The minimum Gasteiger partial charge on any atom is -0.463 e. The van der Waals surface area contributed by atoms with E-state index in [0.29, 0.717) is 12.4 Å². The van der Waals surface area contributed by atoms with Gasteiger partial charge in [0.15, 0.2) is 0 Å². The number of anilines is 1. The lowest BCUT2D eigenvalue weighted by Crippen LogP contribution is -2.19. The number of hydrogen-bond acceptors (Lipinski definition) is 6. The Morgan fingerprint density at radius 1 is 1.71 bits per heavy atom. The molecule has 1 fully saturated rings. The molecule has 1 atom stereocenters. The van der Waals surface area contributed by atoms with Crippen molar-refractivity contribution < 1.29 is 14.3 Å². The maximum Gasteiger partial charge on any atom is 0.376 e. The van der Waals surface area contributed by atoms with Crippen molar-refractivity contribution in [2.24, 2.45) is 0 Å². The van der Waals surface area contributed by atoms with Crippen LogP contribution in [0.5, 0.6) is 0 Å². The minimum atomic E-state index is -0.536. The van der Waals surface area contributed by atoms with Crippen LogP contribution in [-0.4, -0.2) is 42.3 Å². The van der Waals surface area contributed by atoms with Crippen molar-refractivity contribution in [1.29, 1.82) is 0 Å². The van der Waals surface area contributed by atoms with Crippen LogP contribution in [0, 0.1) is 0 Å². The molecule has 1 N–H and O–H groups in total. The number of esters is 1. The van der Waals surface area contributed by atoms with Crippen LogP contribution in [0.15, 0.2) is 12.3 Å². The summed E-state index contributed by atoms with van der Waals surface area (Å²) in [4.78, 5) is 19.1. The second-order valence-corrected chi connectivity index (χ2v) is 3.77. The van der Waals surface area contributed by atoms with Crippen molar-refractivity contribution >= 4 is 11.8 Å². The lowest BCUT2D eigenvalue weighted by Gasteiger charge is -2.11. The van der Waals surface area contributed by atoms with Crippen molar-refractivity contribution in [3.8, 4) is 0 Å². The first-order valence-electron chi connectivity index (χ1n) is 5.56. The first-order valence-corrected chi connectivity index (χ1v) is 5.56. The lowest BCUT2D eigenvalue weighted by molar-refractivity contribution is 0.0587. The SMILES string of the molecule is COC(=O)c1nccc(NCC2CCCO2)n1. The van der Waals surface area contributed by atoms with Crippen LogP contribution in [0.3, 0.4) is 0 Å². The molecule has 0 bridgehead atoms. The summed E-state index contributed by atoms with van der Waals surface area (Å²) in [6.07, 6.45) is 3.91. The average Bonchev–Trinajstić information content (AvgIpc) is 2.89. The van der Waals surface area contributed by atoms with E-state index in [0.717, 1.165) is 19.4 Å². The Morgan fingerprint density at radius 3 is 3.29 bits per heavy atom. The quantitative estimate of drug-likeness (QED) is 0.783. The number of nitrogens with zero attached hydrogens (tertiary/aromatic N) is 2. The fourth-order valence-electron chi connectivity index (χ4n) is 1.67. The van der Waals surface area contributed by atoms with Crippen LogP contribution in [0.4, 0.5) is 5.82 Å². The molecule has 6 nitrogen and oxygen atoms in total. The number of aromatic nitrogens is 2. The molecule has 0 aliphatic carbocycles. The molecule has 2 rings (SSSR count). The number of carbonyl (C=O) groups excluding carboxylic acids is 1. The van der Waals surface area contributed by atoms with E-state index in [9.17, 15) is 4.79 Å². The maximum absolute atomic E-state index is 11.2. The van der Waals surface area contributed by atoms with E-state index in [-0.39, 0.29) is 11.9 Å². The highest BCUT2D eigenvalue weighted by Gasteiger charge is 2.15. The molecule has 1 saturated heterocycles. The van der Waals surface area contributed by atoms with Gasteiger partial charge in [-0.2, -0.15) is 0 Å². The van der Waals surface area contributed by atoms with Crippen LogP contribution in [0.2, 0.25) is 0 Å². The van der Waals surface area contributed by atoms with Crippen LogP contribution in [-0.2, 0) is 9.47 Å². The molecule has 0 saturated carbocycles. The predicted octanol–water partition coefficient (Wildman–Crippen LogP) is 0.854. The van der Waals surface area contributed by atoms with Gasteiger partial charge in [0, 0.05) is 19.3 Å². The van der Waals surface area contributed by atoms with Gasteiger partial charge in [-0.1, -0.05) is 0 Å². The number of nitrogens with one attached hydrogen (secondary N) is 1. The first-order chi connectivity index (χ1) is 8.29. The third-order valence-electron chi connectivity index (χ3n) is 2.56. The Labute approximate surface area is 99.4 Å². The van der Waals surface area contributed by atoms with E-state index in [1.165, 1.54) is 13.3 Å². The molecule has 1 aliphatic heterocycles. The molecule has 17 heavy (non-hydrogen) atoms. The van der Waals surface area contributed by atoms with Gasteiger partial charge in [0.2, 0.25) is 5.82 Å². The van der Waals surface area contributed by atoms with E-state index < -0.39 is 5.97 Å². The van der Waals surface area contributed by atoms with Gasteiger partial charge in [0.25, 0.3) is 0 Å². The third-order valence-corrected chi connectivity index (χ3v) is 2.56. The van der Waals surface area contributed by atoms with Gasteiger partial charge < -0.3 is 14.8 Å². The Morgan fingerprint density at radius 2 is 2.59 bits per heavy atom. The van der Waals surface area contributed by atoms with Crippen LogP contribution in [0.1, 0.15) is 23.5 Å². The zero-order valence-electron chi connectivity index (χ0n) is 9.68. The van der Waals surface area contributed by atoms with Gasteiger partial charge in [0.1, 0.15) is 5.82 Å². The molecule has 1 aromatic rings. The summed E-state index contributed by atoms with van der Waals surface area (Å²) >= 11 is 0. The molecule has 0 radical (unpaired) electrons. The fourth-order valence-corrected chi connectivity index (χ4v) is 1.67. The highest BCUT2D eigenvalue weighted by atomic mass is 16.5. The first kappa shape index (κ1) is 11.8. The van der Waals surface area contributed by atoms with E-state index in [2.05, 4.69) is 20.0 Å². The molecule has 2 heterocycles. The normalized spacial score (nSPS) is 19.0. The Kier molecular flexibility index (Phi) is 3.87. The van der Waals surface area contributed by atoms with E-state index >= 15 is 0 Å². The summed E-state index contributed by atoms with van der Waals surface area (Å²) in [5.74, 6) is 0.131. The molecule has 0 amide bonds. The van der Waals surface area contributed by atoms with E-state index in [4.69, 9.17) is 4.74 Å². The number of hydrogen-bond donors (Lipinski definition) is 1. The Hall–Kier alpha value is -1.69. The molecular weight excluding hydrogens is 222 g/mol. The summed E-state index contributed by atoms with van der Waals surface area (Å²) in [6.45, 7) is 1.52. The summed E-state index contributed by atoms with van der Waals surface area (Å²) < 4.78 is 10.0. The summed E-state index contributed by atoms with van der Waals surface area (Å²) in [5, 5.41) is 3.12. The van der Waals surface area contributed by atoms with Crippen LogP contribution in [0.25, 0.3) is 0 Å². The molecular formula is C11H15N3O3. The number of rotatable bonds is 4. The number of ether oxygens (including phenoxy) is 2. The van der Waals surface area contributed by atoms with Crippen molar-refractivity contribution in [1.82, 2.24) is 9.97 Å². The van der Waals surface area contributed by atoms with Gasteiger partial charge >= 0.3 is 5.97 Å². The molecule has 1 aliphatic rings. The number of methoxy groups -OCH3 is 1. The summed E-state index contributed by atoms with van der Waals surface area (Å²) in [6, 6.07) is 1.71. The highest BCUT2D eigenvalue weighted by molar-refractivity contribution is 5.85. The van der Waals surface area contributed by atoms with Crippen molar-refractivity contribution in [2.45, 2.75) is 18.9 Å². The van der Waals surface area contributed by atoms with Gasteiger partial charge in [0.05, 0.1) is 13.2 Å². The zero-order valence-corrected chi connectivity index (χ0v) is 9.68. The summed E-state index contributed by atoms with van der Waals surface area (Å²) in [5.41, 5.74) is 0. The Balaban J connectivity index is 1.93. The minimum absolute atomic E-state index is 0.0600. The molecule has 0 spiro atoms. The van der Waals surface area contributed by atoms with Crippen LogP contribution < -0.4 is 5.32 Å². The van der Waals surface area contributed by atoms with Crippen molar-refractivity contribution in [3.63, 3.8) is 0 Å². The molecule has 1 unspecified atom stereocenters. The van der Waals surface area contributed by atoms with Gasteiger partial charge in [-0.15, -0.1) is 0 Å². The standard InChI is InChI=1S/C11H15N3O3/c1-16-11(15)10-12-5-4-9(14-10)13-7-8-3-2-6-17-8/h4-5,8H,2-3,6-7H2,1H3,(H,12,13,14). The highest BCUT2D eigenvalue weighted by Crippen LogP contribution is 2.12. The van der Waals surface area contributed by atoms with Crippen molar-refractivity contribution in [2.75, 3.05) is 25.6 Å². The van der Waals surface area contributed by atoms with E-state index in [1.807, 2.05) is 0 Å². The fraction of sp³-hybridized carbons (Fsp3) is 0.545. The molecule has 1 aromatic heterocycles. The molecule has 6 heteroatoms. The number of carbonyl (C=O) groups is 1. The van der Waals surface area contributed by atoms with E-state index in [1.54, 1.807) is 6.07 Å². The molecule has 92 valence electrons. The van der Waals surface area contributed by atoms with Gasteiger partial charge in [-0.05, 0) is 18.9 Å².